The molecule has 22 heavy (non-hydrogen) atoms. The second-order valence-electron chi connectivity index (χ2n) is 4.46. The van der Waals surface area contributed by atoms with Gasteiger partial charge in [0.1, 0.15) is 10.7 Å². The first-order valence-electron chi connectivity index (χ1n) is 6.02. The Hall–Kier alpha value is -2.42. The summed E-state index contributed by atoms with van der Waals surface area (Å²) in [7, 11) is 0. The highest BCUT2D eigenvalue weighted by molar-refractivity contribution is 7.09. The van der Waals surface area contributed by atoms with E-state index in [0.29, 0.717) is 11.2 Å². The van der Waals surface area contributed by atoms with E-state index < -0.39 is 17.7 Å². The number of carboxylic acid groups (broad SMARTS) is 1. The minimum atomic E-state index is -4.54. The van der Waals surface area contributed by atoms with Crippen molar-refractivity contribution in [1.29, 1.82) is 0 Å². The molecule has 0 spiro atoms. The van der Waals surface area contributed by atoms with Gasteiger partial charge in [0, 0.05) is 23.2 Å². The summed E-state index contributed by atoms with van der Waals surface area (Å²) in [6, 6.07) is 1.99. The van der Waals surface area contributed by atoms with Crippen LogP contribution in [0.1, 0.15) is 21.1 Å². The monoisotopic (exact) mass is 326 g/mol. The second-order valence-corrected chi connectivity index (χ2v) is 5.44. The first-order valence-corrected chi connectivity index (χ1v) is 6.90. The maximum absolute atomic E-state index is 12.7. The quantitative estimate of drug-likeness (QED) is 0.737. The lowest BCUT2D eigenvalue weighted by Crippen LogP contribution is -2.25. The number of rotatable bonds is 3. The van der Waals surface area contributed by atoms with Gasteiger partial charge in [-0.2, -0.15) is 13.2 Å². The number of nitrogens with zero attached hydrogens (tertiary/aromatic N) is 3. The molecule has 0 aliphatic rings. The van der Waals surface area contributed by atoms with E-state index in [1.165, 1.54) is 15.9 Å². The van der Waals surface area contributed by atoms with Crippen LogP contribution in [-0.4, -0.2) is 20.5 Å². The molecule has 3 heterocycles. The van der Waals surface area contributed by atoms with Gasteiger partial charge in [-0.25, -0.2) is 9.97 Å². The number of pyridine rings is 1. The SMILES string of the molecule is O=C([O-])c1cc2cc(C(F)(F)F)cnc2n1Cc1nccs1. The average molecular weight is 326 g/mol. The molecule has 0 aliphatic heterocycles. The summed E-state index contributed by atoms with van der Waals surface area (Å²) < 4.78 is 39.4. The van der Waals surface area contributed by atoms with Gasteiger partial charge in [0.05, 0.1) is 23.8 Å². The van der Waals surface area contributed by atoms with E-state index in [1.54, 1.807) is 11.6 Å². The van der Waals surface area contributed by atoms with Crippen molar-refractivity contribution in [2.45, 2.75) is 12.7 Å². The van der Waals surface area contributed by atoms with Crippen LogP contribution in [-0.2, 0) is 12.7 Å². The summed E-state index contributed by atoms with van der Waals surface area (Å²) in [6.07, 6.45) is -2.31. The molecule has 0 bridgehead atoms. The Morgan fingerprint density at radius 1 is 1.32 bits per heavy atom. The highest BCUT2D eigenvalue weighted by Crippen LogP contribution is 2.31. The molecule has 114 valence electrons. The summed E-state index contributed by atoms with van der Waals surface area (Å²) in [5, 5.41) is 13.6. The Balaban J connectivity index is 2.16. The second kappa shape index (κ2) is 5.09. The zero-order valence-electron chi connectivity index (χ0n) is 10.8. The van der Waals surface area contributed by atoms with Gasteiger partial charge < -0.3 is 14.5 Å². The molecule has 0 aliphatic carbocycles. The zero-order valence-corrected chi connectivity index (χ0v) is 11.6. The smallest absolute Gasteiger partial charge is 0.417 e. The number of carboxylic acids is 1. The van der Waals surface area contributed by atoms with Gasteiger partial charge in [0.15, 0.2) is 0 Å². The van der Waals surface area contributed by atoms with E-state index in [2.05, 4.69) is 9.97 Å². The lowest BCUT2D eigenvalue weighted by Gasteiger charge is -2.09. The standard InChI is InChI=1S/C13H8F3N3O2S/c14-13(15,16)8-3-7-4-9(12(20)21)19(11(7)18-5-8)6-10-17-1-2-22-10/h1-5H,6H2,(H,20,21)/p-1. The lowest BCUT2D eigenvalue weighted by molar-refractivity contribution is -0.255. The lowest BCUT2D eigenvalue weighted by atomic mass is 10.2. The van der Waals surface area contributed by atoms with Crippen LogP contribution in [0.15, 0.2) is 29.9 Å². The van der Waals surface area contributed by atoms with Crippen LogP contribution in [0.2, 0.25) is 0 Å². The van der Waals surface area contributed by atoms with E-state index >= 15 is 0 Å². The minimum absolute atomic E-state index is 0.0885. The molecule has 9 heteroatoms. The van der Waals surface area contributed by atoms with E-state index in [4.69, 9.17) is 0 Å². The van der Waals surface area contributed by atoms with Crippen molar-refractivity contribution >= 4 is 28.3 Å². The van der Waals surface area contributed by atoms with Gasteiger partial charge in [-0.05, 0) is 12.1 Å². The number of aromatic nitrogens is 3. The van der Waals surface area contributed by atoms with Crippen molar-refractivity contribution in [2.24, 2.45) is 0 Å². The van der Waals surface area contributed by atoms with Crippen LogP contribution >= 0.6 is 11.3 Å². The summed E-state index contributed by atoms with van der Waals surface area (Å²) >= 11 is 1.30. The molecule has 0 atom stereocenters. The maximum Gasteiger partial charge on any atom is 0.417 e. The molecule has 0 fully saturated rings. The van der Waals surface area contributed by atoms with Crippen molar-refractivity contribution < 1.29 is 23.1 Å². The molecule has 0 radical (unpaired) electrons. The topological polar surface area (TPSA) is 70.8 Å². The van der Waals surface area contributed by atoms with Crippen LogP contribution in [0, 0.1) is 0 Å². The Morgan fingerprint density at radius 2 is 2.09 bits per heavy atom. The number of halogens is 3. The molecule has 0 saturated carbocycles. The summed E-state index contributed by atoms with van der Waals surface area (Å²) in [6.45, 7) is 0.100. The molecule has 0 saturated heterocycles. The van der Waals surface area contributed by atoms with E-state index in [1.807, 2.05) is 0 Å². The first-order chi connectivity index (χ1) is 10.4. The van der Waals surface area contributed by atoms with Crippen LogP contribution in [0.25, 0.3) is 11.0 Å². The fourth-order valence-corrected chi connectivity index (χ4v) is 2.70. The van der Waals surface area contributed by atoms with Gasteiger partial charge in [-0.1, -0.05) is 0 Å². The van der Waals surface area contributed by atoms with Crippen molar-refractivity contribution in [3.05, 3.63) is 46.2 Å². The van der Waals surface area contributed by atoms with Gasteiger partial charge in [-0.15, -0.1) is 11.3 Å². The Labute approximate surface area is 125 Å². The third-order valence-electron chi connectivity index (χ3n) is 3.05. The largest absolute Gasteiger partial charge is 0.543 e. The van der Waals surface area contributed by atoms with Crippen molar-refractivity contribution in [2.75, 3.05) is 0 Å². The maximum atomic E-state index is 12.7. The molecule has 0 amide bonds. The third kappa shape index (κ3) is 2.54. The van der Waals surface area contributed by atoms with E-state index in [0.717, 1.165) is 12.1 Å². The molecule has 3 rings (SSSR count). The zero-order chi connectivity index (χ0) is 15.9. The number of aromatic carboxylic acids is 1. The molecule has 5 nitrogen and oxygen atoms in total. The number of fused-ring (bicyclic) bond motifs is 1. The molecule has 0 N–H and O–H groups in total. The number of carbonyl (C=O) groups excluding carboxylic acids is 1. The van der Waals surface area contributed by atoms with Gasteiger partial charge in [-0.3, -0.25) is 0 Å². The van der Waals surface area contributed by atoms with Crippen LogP contribution in [0.5, 0.6) is 0 Å². The van der Waals surface area contributed by atoms with Crippen LogP contribution in [0.4, 0.5) is 13.2 Å². The average Bonchev–Trinajstić information content (AvgIpc) is 3.06. The van der Waals surface area contributed by atoms with Crippen molar-refractivity contribution in [3.63, 3.8) is 0 Å². The summed E-state index contributed by atoms with van der Waals surface area (Å²) in [4.78, 5) is 19.0. The van der Waals surface area contributed by atoms with E-state index in [-0.39, 0.29) is 23.3 Å². The number of alkyl halides is 3. The highest BCUT2D eigenvalue weighted by Gasteiger charge is 2.31. The fourth-order valence-electron chi connectivity index (χ4n) is 2.10. The van der Waals surface area contributed by atoms with Crippen LogP contribution in [0.3, 0.4) is 0 Å². The number of hydrogen-bond acceptors (Lipinski definition) is 5. The fraction of sp³-hybridized carbons (Fsp3) is 0.154. The Kier molecular flexibility index (Phi) is 3.36. The summed E-state index contributed by atoms with van der Waals surface area (Å²) in [5.74, 6) is -1.48. The van der Waals surface area contributed by atoms with Gasteiger partial charge >= 0.3 is 6.18 Å². The molecular formula is C13H7F3N3O2S-. The predicted octanol–water partition coefficient (Wildman–Crippen LogP) is 1.92. The molecule has 3 aromatic heterocycles. The van der Waals surface area contributed by atoms with E-state index in [9.17, 15) is 23.1 Å². The molecule has 3 aromatic rings. The van der Waals surface area contributed by atoms with Gasteiger partial charge in [0.25, 0.3) is 0 Å². The summed E-state index contributed by atoms with van der Waals surface area (Å²) in [5.41, 5.74) is -1.03. The van der Waals surface area contributed by atoms with Gasteiger partial charge in [0.2, 0.25) is 0 Å². The Bertz CT molecular complexity index is 840. The number of carbonyl (C=O) groups is 1. The first kappa shape index (κ1) is 14.5. The predicted molar refractivity (Wildman–Crippen MR) is 70.3 cm³/mol. The number of hydrogen-bond donors (Lipinski definition) is 0. The number of thiazole rings is 1. The Morgan fingerprint density at radius 3 is 2.68 bits per heavy atom. The molecule has 0 aromatic carbocycles. The third-order valence-corrected chi connectivity index (χ3v) is 3.81. The minimum Gasteiger partial charge on any atom is -0.543 e. The highest BCUT2D eigenvalue weighted by atomic mass is 32.1. The van der Waals surface area contributed by atoms with Crippen LogP contribution < -0.4 is 5.11 Å². The van der Waals surface area contributed by atoms with Crippen molar-refractivity contribution in [1.82, 2.24) is 14.5 Å². The normalized spacial score (nSPS) is 12.0. The molecular weight excluding hydrogens is 319 g/mol. The molecule has 0 unspecified atom stereocenters. The van der Waals surface area contributed by atoms with Crippen molar-refractivity contribution in [3.8, 4) is 0 Å².